The van der Waals surface area contributed by atoms with Gasteiger partial charge in [0.15, 0.2) is 0 Å². The highest BCUT2D eigenvalue weighted by atomic mass is 79.9. The average molecular weight is 306 g/mol. The molecule has 0 saturated carbocycles. The number of hydrogen-bond acceptors (Lipinski definition) is 3. The van der Waals surface area contributed by atoms with Crippen molar-refractivity contribution in [2.24, 2.45) is 5.92 Å². The lowest BCUT2D eigenvalue weighted by atomic mass is 10.1. The minimum absolute atomic E-state index is 0.297. The number of amides is 1. The number of carbonyl (C=O) groups excluding carboxylic acids is 1. The van der Waals surface area contributed by atoms with Crippen molar-refractivity contribution < 1.29 is 14.7 Å². The summed E-state index contributed by atoms with van der Waals surface area (Å²) in [6, 6.07) is 1.79. The fraction of sp³-hybridized carbons (Fsp3) is 0.400. The lowest BCUT2D eigenvalue weighted by Gasteiger charge is -2.18. The molecule has 0 aromatic carbocycles. The van der Waals surface area contributed by atoms with E-state index in [1.165, 1.54) is 16.2 Å². The normalized spacial score (nSPS) is 12.2. The number of rotatable bonds is 4. The Hall–Kier alpha value is -0.880. The molecule has 0 radical (unpaired) electrons. The zero-order chi connectivity index (χ0) is 12.3. The van der Waals surface area contributed by atoms with Crippen LogP contribution in [0.2, 0.25) is 0 Å². The molecular weight excluding hydrogens is 294 g/mol. The predicted molar refractivity (Wildman–Crippen MR) is 66.8 cm³/mol. The van der Waals surface area contributed by atoms with Crippen LogP contribution in [0.15, 0.2) is 15.9 Å². The Morgan fingerprint density at radius 1 is 1.62 bits per heavy atom. The average Bonchev–Trinajstić information content (AvgIpc) is 2.64. The molecule has 6 heteroatoms. The fourth-order valence-electron chi connectivity index (χ4n) is 1.28. The van der Waals surface area contributed by atoms with Gasteiger partial charge in [-0.2, -0.15) is 0 Å². The monoisotopic (exact) mass is 305 g/mol. The Bertz CT molecular complexity index is 405. The molecule has 1 unspecified atom stereocenters. The van der Waals surface area contributed by atoms with Crippen LogP contribution >= 0.6 is 27.3 Å². The van der Waals surface area contributed by atoms with Crippen LogP contribution in [0.1, 0.15) is 13.3 Å². The minimum atomic E-state index is -1.07. The van der Waals surface area contributed by atoms with E-state index >= 15 is 0 Å². The summed E-state index contributed by atoms with van der Waals surface area (Å²) in [4.78, 5) is 24.1. The molecule has 1 aromatic rings. The molecule has 0 aliphatic carbocycles. The number of aliphatic carboxylic acids is 1. The Balaban J connectivity index is 2.85. The van der Waals surface area contributed by atoms with Crippen molar-refractivity contribution in [2.45, 2.75) is 13.3 Å². The van der Waals surface area contributed by atoms with Gasteiger partial charge in [0.2, 0.25) is 5.91 Å². The number of halogens is 1. The van der Waals surface area contributed by atoms with E-state index in [0.717, 1.165) is 9.47 Å². The van der Waals surface area contributed by atoms with Gasteiger partial charge in [-0.3, -0.25) is 9.59 Å². The van der Waals surface area contributed by atoms with Gasteiger partial charge in [-0.15, -0.1) is 11.3 Å². The number of carboxylic acid groups (broad SMARTS) is 1. The fourth-order valence-corrected chi connectivity index (χ4v) is 2.67. The van der Waals surface area contributed by atoms with Gasteiger partial charge in [0, 0.05) is 16.9 Å². The zero-order valence-corrected chi connectivity index (χ0v) is 11.3. The third-order valence-corrected chi connectivity index (χ3v) is 3.99. The van der Waals surface area contributed by atoms with Crippen molar-refractivity contribution in [1.82, 2.24) is 0 Å². The van der Waals surface area contributed by atoms with E-state index in [1.54, 1.807) is 20.0 Å². The molecule has 1 amide bonds. The molecule has 0 spiro atoms. The van der Waals surface area contributed by atoms with Gasteiger partial charge in [0.05, 0.1) is 5.00 Å². The molecule has 1 heterocycles. The van der Waals surface area contributed by atoms with Crippen molar-refractivity contribution >= 4 is 44.1 Å². The highest BCUT2D eigenvalue weighted by Gasteiger charge is 2.28. The highest BCUT2D eigenvalue weighted by Crippen LogP contribution is 2.28. The van der Waals surface area contributed by atoms with Crippen molar-refractivity contribution in [2.75, 3.05) is 11.9 Å². The van der Waals surface area contributed by atoms with Gasteiger partial charge in [0.1, 0.15) is 5.92 Å². The maximum atomic E-state index is 11.9. The molecule has 0 saturated heterocycles. The number of thiophene rings is 1. The number of carboxylic acids is 1. The summed E-state index contributed by atoms with van der Waals surface area (Å²) in [6.07, 6.45) is 0.297. The lowest BCUT2D eigenvalue weighted by Crippen LogP contribution is -2.36. The van der Waals surface area contributed by atoms with E-state index in [9.17, 15) is 9.59 Å². The van der Waals surface area contributed by atoms with Crippen LogP contribution in [0.3, 0.4) is 0 Å². The van der Waals surface area contributed by atoms with Gasteiger partial charge in [-0.05, 0) is 28.4 Å². The van der Waals surface area contributed by atoms with Gasteiger partial charge >= 0.3 is 5.97 Å². The molecule has 4 nitrogen and oxygen atoms in total. The van der Waals surface area contributed by atoms with Crippen LogP contribution in [-0.2, 0) is 9.59 Å². The smallest absolute Gasteiger partial charge is 0.316 e. The summed E-state index contributed by atoms with van der Waals surface area (Å²) in [7, 11) is 1.59. The second-order valence-electron chi connectivity index (χ2n) is 3.30. The molecule has 1 N–H and O–H groups in total. The molecule has 0 aliphatic heterocycles. The van der Waals surface area contributed by atoms with Crippen molar-refractivity contribution in [3.8, 4) is 0 Å². The second-order valence-corrected chi connectivity index (χ2v) is 5.10. The van der Waals surface area contributed by atoms with Gasteiger partial charge < -0.3 is 10.0 Å². The summed E-state index contributed by atoms with van der Waals surface area (Å²) in [6.45, 7) is 1.69. The van der Waals surface area contributed by atoms with E-state index in [4.69, 9.17) is 5.11 Å². The molecule has 0 bridgehead atoms. The van der Waals surface area contributed by atoms with E-state index in [-0.39, 0.29) is 5.91 Å². The first-order chi connectivity index (χ1) is 7.47. The van der Waals surface area contributed by atoms with Crippen LogP contribution in [0.4, 0.5) is 5.00 Å². The van der Waals surface area contributed by atoms with Crippen LogP contribution in [0.25, 0.3) is 0 Å². The molecule has 88 valence electrons. The van der Waals surface area contributed by atoms with Gasteiger partial charge in [-0.1, -0.05) is 6.92 Å². The first-order valence-corrected chi connectivity index (χ1v) is 6.39. The Kier molecular flexibility index (Phi) is 4.49. The van der Waals surface area contributed by atoms with Crippen LogP contribution in [0.5, 0.6) is 0 Å². The maximum Gasteiger partial charge on any atom is 0.316 e. The molecule has 0 aliphatic rings. The number of nitrogens with zero attached hydrogens (tertiary/aromatic N) is 1. The van der Waals surface area contributed by atoms with Crippen molar-refractivity contribution in [3.05, 3.63) is 15.9 Å². The van der Waals surface area contributed by atoms with Crippen LogP contribution in [0, 0.1) is 5.92 Å². The number of hydrogen-bond donors (Lipinski definition) is 1. The molecular formula is C10H12BrNO3S. The molecule has 1 rings (SSSR count). The highest BCUT2D eigenvalue weighted by molar-refractivity contribution is 9.10. The summed E-state index contributed by atoms with van der Waals surface area (Å²) < 4.78 is 0.885. The van der Waals surface area contributed by atoms with E-state index in [0.29, 0.717) is 6.42 Å². The number of carbonyl (C=O) groups is 2. The Morgan fingerprint density at radius 3 is 2.62 bits per heavy atom. The Morgan fingerprint density at radius 2 is 2.25 bits per heavy atom. The minimum Gasteiger partial charge on any atom is -0.481 e. The zero-order valence-electron chi connectivity index (χ0n) is 8.94. The summed E-state index contributed by atoms with van der Waals surface area (Å²) in [5.74, 6) is -2.43. The molecule has 0 fully saturated rings. The molecule has 16 heavy (non-hydrogen) atoms. The van der Waals surface area contributed by atoms with Crippen molar-refractivity contribution in [3.63, 3.8) is 0 Å². The van der Waals surface area contributed by atoms with E-state index < -0.39 is 11.9 Å². The summed E-state index contributed by atoms with van der Waals surface area (Å²) in [5.41, 5.74) is 0. The van der Waals surface area contributed by atoms with Gasteiger partial charge in [-0.25, -0.2) is 0 Å². The number of anilines is 1. The Labute approximate surface area is 106 Å². The first kappa shape index (κ1) is 13.2. The third kappa shape index (κ3) is 2.82. The predicted octanol–water partition coefficient (Wildman–Crippen LogP) is 2.58. The maximum absolute atomic E-state index is 11.9. The van der Waals surface area contributed by atoms with E-state index in [1.807, 2.05) is 5.38 Å². The lowest BCUT2D eigenvalue weighted by molar-refractivity contribution is -0.146. The molecule has 1 aromatic heterocycles. The quantitative estimate of drug-likeness (QED) is 0.870. The first-order valence-electron chi connectivity index (χ1n) is 4.71. The van der Waals surface area contributed by atoms with Crippen molar-refractivity contribution in [1.29, 1.82) is 0 Å². The SMILES string of the molecule is CCC(C(=O)O)C(=O)N(C)c1cc(Br)cs1. The summed E-state index contributed by atoms with van der Waals surface area (Å²) >= 11 is 4.68. The van der Waals surface area contributed by atoms with Gasteiger partial charge in [0.25, 0.3) is 0 Å². The van der Waals surface area contributed by atoms with E-state index in [2.05, 4.69) is 15.9 Å². The topological polar surface area (TPSA) is 57.6 Å². The van der Waals surface area contributed by atoms with Crippen LogP contribution in [-0.4, -0.2) is 24.0 Å². The third-order valence-electron chi connectivity index (χ3n) is 2.22. The largest absolute Gasteiger partial charge is 0.481 e. The summed E-state index contributed by atoms with van der Waals surface area (Å²) in [5, 5.41) is 11.5. The van der Waals surface area contributed by atoms with Crippen LogP contribution < -0.4 is 4.90 Å². The second kappa shape index (κ2) is 5.45. The standard InChI is InChI=1S/C10H12BrNO3S/c1-3-7(10(14)15)9(13)12(2)8-4-6(11)5-16-8/h4-5,7H,3H2,1-2H3,(H,14,15). The molecule has 1 atom stereocenters.